The van der Waals surface area contributed by atoms with Gasteiger partial charge in [-0.2, -0.15) is 0 Å². The van der Waals surface area contributed by atoms with Crippen molar-refractivity contribution in [1.29, 1.82) is 0 Å². The van der Waals surface area contributed by atoms with Crippen LogP contribution in [-0.4, -0.2) is 94.5 Å². The molecular formula is C16H26N4O7S. The minimum absolute atomic E-state index is 0.0343. The SMILES string of the molecule is CC(=O)NC(CSC1CC(=O)N(CCC(=O)NCCO)C1=O)C(=O)NCCO. The van der Waals surface area contributed by atoms with E-state index >= 15 is 0 Å². The molecule has 1 aliphatic rings. The van der Waals surface area contributed by atoms with Crippen molar-refractivity contribution in [2.75, 3.05) is 38.6 Å². The number of aliphatic hydroxyl groups excluding tert-OH is 2. The van der Waals surface area contributed by atoms with Crippen LogP contribution in [0.5, 0.6) is 0 Å². The first-order valence-corrected chi connectivity index (χ1v) is 9.84. The largest absolute Gasteiger partial charge is 0.395 e. The summed E-state index contributed by atoms with van der Waals surface area (Å²) < 4.78 is 0. The van der Waals surface area contributed by atoms with Crippen molar-refractivity contribution in [3.05, 3.63) is 0 Å². The summed E-state index contributed by atoms with van der Waals surface area (Å²) in [5, 5.41) is 24.1. The molecule has 0 bridgehead atoms. The Morgan fingerprint density at radius 1 is 1.18 bits per heavy atom. The second kappa shape index (κ2) is 12.3. The molecule has 0 saturated carbocycles. The van der Waals surface area contributed by atoms with E-state index in [9.17, 15) is 24.0 Å². The Hall–Kier alpha value is -2.18. The molecule has 1 rings (SSSR count). The van der Waals surface area contributed by atoms with Gasteiger partial charge >= 0.3 is 0 Å². The number of likely N-dealkylation sites (tertiary alicyclic amines) is 1. The number of nitrogens with zero attached hydrogens (tertiary/aromatic N) is 1. The van der Waals surface area contributed by atoms with Crippen LogP contribution in [0.2, 0.25) is 0 Å². The van der Waals surface area contributed by atoms with E-state index in [1.54, 1.807) is 0 Å². The second-order valence-electron chi connectivity index (χ2n) is 6.00. The number of imide groups is 1. The first-order chi connectivity index (χ1) is 13.3. The van der Waals surface area contributed by atoms with Gasteiger partial charge in [-0.25, -0.2) is 0 Å². The molecule has 2 unspecified atom stereocenters. The lowest BCUT2D eigenvalue weighted by molar-refractivity contribution is -0.138. The predicted molar refractivity (Wildman–Crippen MR) is 100.0 cm³/mol. The minimum atomic E-state index is -0.907. The molecule has 0 spiro atoms. The summed E-state index contributed by atoms with van der Waals surface area (Å²) in [5.74, 6) is -2.07. The van der Waals surface area contributed by atoms with Gasteiger partial charge in [-0.05, 0) is 0 Å². The van der Waals surface area contributed by atoms with Crippen LogP contribution in [0.25, 0.3) is 0 Å². The lowest BCUT2D eigenvalue weighted by Gasteiger charge is -2.19. The molecule has 0 aromatic rings. The van der Waals surface area contributed by atoms with Gasteiger partial charge in [0.25, 0.3) is 0 Å². The summed E-state index contributed by atoms with van der Waals surface area (Å²) in [6, 6.07) is -0.907. The lowest BCUT2D eigenvalue weighted by Crippen LogP contribution is -2.48. The molecular weight excluding hydrogens is 392 g/mol. The van der Waals surface area contributed by atoms with Crippen molar-refractivity contribution in [2.45, 2.75) is 31.1 Å². The predicted octanol–water partition coefficient (Wildman–Crippen LogP) is -3.04. The highest BCUT2D eigenvalue weighted by molar-refractivity contribution is 8.00. The van der Waals surface area contributed by atoms with Gasteiger partial charge < -0.3 is 26.2 Å². The van der Waals surface area contributed by atoms with Crippen LogP contribution >= 0.6 is 11.8 Å². The summed E-state index contributed by atoms with van der Waals surface area (Å²) in [6.07, 6.45) is -0.111. The molecule has 0 aliphatic carbocycles. The average Bonchev–Trinajstić information content (AvgIpc) is 2.92. The number of hydrogen-bond acceptors (Lipinski definition) is 8. The molecule has 1 saturated heterocycles. The molecule has 1 fully saturated rings. The van der Waals surface area contributed by atoms with Crippen LogP contribution < -0.4 is 16.0 Å². The molecule has 158 valence electrons. The van der Waals surface area contributed by atoms with E-state index in [0.717, 1.165) is 16.7 Å². The Morgan fingerprint density at radius 3 is 2.43 bits per heavy atom. The van der Waals surface area contributed by atoms with E-state index in [2.05, 4.69) is 16.0 Å². The minimum Gasteiger partial charge on any atom is -0.395 e. The first-order valence-electron chi connectivity index (χ1n) is 8.79. The molecule has 0 aromatic carbocycles. The molecule has 5 N–H and O–H groups in total. The third-order valence-electron chi connectivity index (χ3n) is 3.77. The maximum atomic E-state index is 12.4. The van der Waals surface area contributed by atoms with Gasteiger partial charge in [-0.15, -0.1) is 11.8 Å². The van der Waals surface area contributed by atoms with Crippen molar-refractivity contribution >= 4 is 41.3 Å². The monoisotopic (exact) mass is 418 g/mol. The second-order valence-corrected chi connectivity index (χ2v) is 7.24. The molecule has 0 radical (unpaired) electrons. The zero-order valence-electron chi connectivity index (χ0n) is 15.6. The van der Waals surface area contributed by atoms with Gasteiger partial charge in [0.2, 0.25) is 29.5 Å². The Balaban J connectivity index is 2.57. The molecule has 1 heterocycles. The van der Waals surface area contributed by atoms with E-state index in [1.807, 2.05) is 0 Å². The van der Waals surface area contributed by atoms with E-state index in [1.165, 1.54) is 6.92 Å². The maximum absolute atomic E-state index is 12.4. The zero-order valence-corrected chi connectivity index (χ0v) is 16.4. The number of carbonyl (C=O) groups is 5. The fraction of sp³-hybridized carbons (Fsp3) is 0.688. The van der Waals surface area contributed by atoms with E-state index in [-0.39, 0.29) is 57.3 Å². The molecule has 1 aliphatic heterocycles. The average molecular weight is 418 g/mol. The highest BCUT2D eigenvalue weighted by Gasteiger charge is 2.39. The Labute approximate surface area is 166 Å². The van der Waals surface area contributed by atoms with Crippen molar-refractivity contribution in [3.63, 3.8) is 0 Å². The summed E-state index contributed by atoms with van der Waals surface area (Å²) in [6.45, 7) is 0.882. The van der Waals surface area contributed by atoms with E-state index in [4.69, 9.17) is 10.2 Å². The zero-order chi connectivity index (χ0) is 21.1. The molecule has 5 amide bonds. The van der Waals surface area contributed by atoms with Crippen LogP contribution in [0, 0.1) is 0 Å². The van der Waals surface area contributed by atoms with Crippen LogP contribution in [-0.2, 0) is 24.0 Å². The van der Waals surface area contributed by atoms with Crippen LogP contribution in [0.15, 0.2) is 0 Å². The quantitative estimate of drug-likeness (QED) is 0.209. The Kier molecular flexibility index (Phi) is 10.5. The number of amides is 5. The number of rotatable bonds is 12. The Morgan fingerprint density at radius 2 is 1.82 bits per heavy atom. The van der Waals surface area contributed by atoms with Crippen LogP contribution in [0.3, 0.4) is 0 Å². The normalized spacial score (nSPS) is 17.4. The fourth-order valence-corrected chi connectivity index (χ4v) is 3.65. The van der Waals surface area contributed by atoms with Crippen molar-refractivity contribution in [1.82, 2.24) is 20.9 Å². The smallest absolute Gasteiger partial charge is 0.243 e. The van der Waals surface area contributed by atoms with Crippen molar-refractivity contribution in [3.8, 4) is 0 Å². The highest BCUT2D eigenvalue weighted by Crippen LogP contribution is 2.26. The standard InChI is InChI=1S/C16H26N4O7S/c1-10(23)19-11(15(26)18-4-7-22)9-28-12-8-14(25)20(16(12)27)5-2-13(24)17-3-6-21/h11-12,21-22H,2-9H2,1H3,(H,17,24)(H,18,26)(H,19,23). The first kappa shape index (κ1) is 23.9. The molecule has 0 aromatic heterocycles. The van der Waals surface area contributed by atoms with Gasteiger partial charge in [-0.1, -0.05) is 0 Å². The number of carbonyl (C=O) groups excluding carboxylic acids is 5. The highest BCUT2D eigenvalue weighted by atomic mass is 32.2. The molecule has 28 heavy (non-hydrogen) atoms. The number of hydrogen-bond donors (Lipinski definition) is 5. The summed E-state index contributed by atoms with van der Waals surface area (Å²) in [5.41, 5.74) is 0. The molecule has 12 heteroatoms. The van der Waals surface area contributed by atoms with Crippen LogP contribution in [0.4, 0.5) is 0 Å². The van der Waals surface area contributed by atoms with Gasteiger partial charge in [-0.3, -0.25) is 28.9 Å². The third-order valence-corrected chi connectivity index (χ3v) is 5.06. The maximum Gasteiger partial charge on any atom is 0.243 e. The number of aliphatic hydroxyl groups is 2. The molecule has 2 atom stereocenters. The topological polar surface area (TPSA) is 165 Å². The van der Waals surface area contributed by atoms with Gasteiger partial charge in [0.05, 0.1) is 18.5 Å². The lowest BCUT2D eigenvalue weighted by atomic mass is 10.3. The van der Waals surface area contributed by atoms with Gasteiger partial charge in [0, 0.05) is 45.2 Å². The summed E-state index contributed by atoms with van der Waals surface area (Å²) in [7, 11) is 0. The van der Waals surface area contributed by atoms with Crippen LogP contribution in [0.1, 0.15) is 19.8 Å². The number of thioether (sulfide) groups is 1. The number of nitrogens with one attached hydrogen (secondary N) is 3. The van der Waals surface area contributed by atoms with E-state index < -0.39 is 34.9 Å². The Bertz CT molecular complexity index is 602. The summed E-state index contributed by atoms with van der Waals surface area (Å²) in [4.78, 5) is 60.4. The van der Waals surface area contributed by atoms with E-state index in [0.29, 0.717) is 0 Å². The van der Waals surface area contributed by atoms with Crippen molar-refractivity contribution < 1.29 is 34.2 Å². The fourth-order valence-electron chi connectivity index (χ4n) is 2.46. The summed E-state index contributed by atoms with van der Waals surface area (Å²) >= 11 is 1.08. The van der Waals surface area contributed by atoms with Gasteiger partial charge in [0.15, 0.2) is 0 Å². The molecule has 11 nitrogen and oxygen atoms in total. The van der Waals surface area contributed by atoms with Crippen molar-refractivity contribution in [2.24, 2.45) is 0 Å². The van der Waals surface area contributed by atoms with Gasteiger partial charge in [0.1, 0.15) is 6.04 Å². The third kappa shape index (κ3) is 7.82.